The van der Waals surface area contributed by atoms with Gasteiger partial charge in [0.25, 0.3) is 5.91 Å². The second-order valence-electron chi connectivity index (χ2n) is 7.12. The minimum Gasteiger partial charge on any atom is -0.482 e. The number of carbonyl (C=O) groups is 1. The minimum absolute atomic E-state index is 0.103. The third kappa shape index (κ3) is 3.76. The van der Waals surface area contributed by atoms with Crippen molar-refractivity contribution in [1.82, 2.24) is 9.21 Å². The van der Waals surface area contributed by atoms with Crippen molar-refractivity contribution >= 4 is 21.6 Å². The number of rotatable bonds is 4. The Morgan fingerprint density at radius 1 is 1.07 bits per heavy atom. The average Bonchev–Trinajstić information content (AvgIpc) is 2.68. The van der Waals surface area contributed by atoms with Crippen LogP contribution in [0.3, 0.4) is 0 Å². The third-order valence-electron chi connectivity index (χ3n) is 5.11. The molecule has 1 N–H and O–H groups in total. The van der Waals surface area contributed by atoms with Gasteiger partial charge < -0.3 is 10.1 Å². The van der Waals surface area contributed by atoms with Gasteiger partial charge in [0.05, 0.1) is 10.6 Å². The predicted molar refractivity (Wildman–Crippen MR) is 106 cm³/mol. The summed E-state index contributed by atoms with van der Waals surface area (Å²) in [6.07, 6.45) is 0. The van der Waals surface area contributed by atoms with Crippen LogP contribution in [0.1, 0.15) is 11.1 Å². The van der Waals surface area contributed by atoms with Crippen molar-refractivity contribution in [2.75, 3.05) is 38.1 Å². The SMILES string of the molecule is Cc1cc2c(cc1S(=O)(=O)N1CCN(Cc3ccccc3)CC1)OCC(=O)N2. The second kappa shape index (κ2) is 7.54. The van der Waals surface area contributed by atoms with Crippen LogP contribution in [0.5, 0.6) is 5.75 Å². The Morgan fingerprint density at radius 3 is 2.50 bits per heavy atom. The number of anilines is 1. The molecule has 0 aliphatic carbocycles. The first-order valence-corrected chi connectivity index (χ1v) is 10.7. The van der Waals surface area contributed by atoms with Crippen LogP contribution >= 0.6 is 0 Å². The zero-order valence-electron chi connectivity index (χ0n) is 15.7. The van der Waals surface area contributed by atoms with E-state index in [0.29, 0.717) is 43.2 Å². The molecule has 0 spiro atoms. The Bertz CT molecular complexity index is 984. The molecule has 0 unspecified atom stereocenters. The molecular formula is C20H23N3O4S. The van der Waals surface area contributed by atoms with Crippen LogP contribution in [0.4, 0.5) is 5.69 Å². The van der Waals surface area contributed by atoms with Gasteiger partial charge in [-0.3, -0.25) is 9.69 Å². The maximum absolute atomic E-state index is 13.2. The monoisotopic (exact) mass is 401 g/mol. The summed E-state index contributed by atoms with van der Waals surface area (Å²) in [7, 11) is -3.62. The normalized spacial score (nSPS) is 18.2. The average molecular weight is 401 g/mol. The molecule has 2 aromatic carbocycles. The summed E-state index contributed by atoms with van der Waals surface area (Å²) in [5, 5.41) is 2.71. The molecule has 1 saturated heterocycles. The minimum atomic E-state index is -3.62. The van der Waals surface area contributed by atoms with Crippen LogP contribution in [0, 0.1) is 6.92 Å². The lowest BCUT2D eigenvalue weighted by Gasteiger charge is -2.34. The van der Waals surface area contributed by atoms with Crippen molar-refractivity contribution in [2.45, 2.75) is 18.4 Å². The number of hydrogen-bond donors (Lipinski definition) is 1. The zero-order chi connectivity index (χ0) is 19.7. The van der Waals surface area contributed by atoms with Crippen LogP contribution in [-0.2, 0) is 21.4 Å². The standard InChI is InChI=1S/C20H23N3O4S/c1-15-11-17-18(27-14-20(24)21-17)12-19(15)28(25,26)23-9-7-22(8-10-23)13-16-5-3-2-4-6-16/h2-6,11-12H,7-10,13-14H2,1H3,(H,21,24). The van der Waals surface area contributed by atoms with Gasteiger partial charge in [-0.25, -0.2) is 8.42 Å². The molecule has 4 rings (SSSR count). The Balaban J connectivity index is 1.48. The predicted octanol–water partition coefficient (Wildman–Crippen LogP) is 1.83. The first kappa shape index (κ1) is 18.9. The zero-order valence-corrected chi connectivity index (χ0v) is 16.5. The first-order chi connectivity index (χ1) is 13.4. The van der Waals surface area contributed by atoms with Crippen LogP contribution in [0.2, 0.25) is 0 Å². The number of piperazine rings is 1. The highest BCUT2D eigenvalue weighted by Gasteiger charge is 2.31. The second-order valence-corrected chi connectivity index (χ2v) is 9.02. The van der Waals surface area contributed by atoms with Gasteiger partial charge in [-0.15, -0.1) is 0 Å². The number of hydrogen-bond acceptors (Lipinski definition) is 5. The molecule has 2 aliphatic rings. The van der Waals surface area contributed by atoms with Crippen LogP contribution in [0.15, 0.2) is 47.4 Å². The number of ether oxygens (including phenoxy) is 1. The molecule has 1 fully saturated rings. The van der Waals surface area contributed by atoms with E-state index < -0.39 is 10.0 Å². The number of nitrogens with one attached hydrogen (secondary N) is 1. The third-order valence-corrected chi connectivity index (χ3v) is 7.15. The Hall–Kier alpha value is -2.42. The van der Waals surface area contributed by atoms with Gasteiger partial charge in [0.15, 0.2) is 6.61 Å². The number of amides is 1. The highest BCUT2D eigenvalue weighted by atomic mass is 32.2. The van der Waals surface area contributed by atoms with Crippen LogP contribution < -0.4 is 10.1 Å². The summed E-state index contributed by atoms with van der Waals surface area (Å²) in [5.41, 5.74) is 2.33. The van der Waals surface area contributed by atoms with E-state index in [0.717, 1.165) is 6.54 Å². The molecule has 8 heteroatoms. The molecule has 28 heavy (non-hydrogen) atoms. The lowest BCUT2D eigenvalue weighted by molar-refractivity contribution is -0.118. The lowest BCUT2D eigenvalue weighted by atomic mass is 10.2. The molecule has 7 nitrogen and oxygen atoms in total. The van der Waals surface area contributed by atoms with Crippen molar-refractivity contribution in [3.8, 4) is 5.75 Å². The van der Waals surface area contributed by atoms with Gasteiger partial charge in [-0.2, -0.15) is 4.31 Å². The number of fused-ring (bicyclic) bond motifs is 1. The topological polar surface area (TPSA) is 79.0 Å². The number of carbonyl (C=O) groups excluding carboxylic acids is 1. The van der Waals surface area contributed by atoms with E-state index in [1.54, 1.807) is 13.0 Å². The fraction of sp³-hybridized carbons (Fsp3) is 0.350. The first-order valence-electron chi connectivity index (χ1n) is 9.27. The van der Waals surface area contributed by atoms with Crippen molar-refractivity contribution < 1.29 is 17.9 Å². The molecule has 0 aromatic heterocycles. The summed E-state index contributed by atoms with van der Waals surface area (Å²) >= 11 is 0. The number of sulfonamides is 1. The molecule has 1 amide bonds. The van der Waals surface area contributed by atoms with E-state index in [4.69, 9.17) is 4.74 Å². The van der Waals surface area contributed by atoms with E-state index in [1.807, 2.05) is 18.2 Å². The number of nitrogens with zero attached hydrogens (tertiary/aromatic N) is 2. The summed E-state index contributed by atoms with van der Waals surface area (Å²) in [6.45, 7) is 4.72. The van der Waals surface area contributed by atoms with Gasteiger partial charge in [0.2, 0.25) is 10.0 Å². The molecule has 2 aromatic rings. The summed E-state index contributed by atoms with van der Waals surface area (Å²) in [6, 6.07) is 13.4. The maximum atomic E-state index is 13.2. The maximum Gasteiger partial charge on any atom is 0.262 e. The van der Waals surface area contributed by atoms with Crippen molar-refractivity contribution in [3.63, 3.8) is 0 Å². The van der Waals surface area contributed by atoms with E-state index in [9.17, 15) is 13.2 Å². The molecule has 2 heterocycles. The highest BCUT2D eigenvalue weighted by molar-refractivity contribution is 7.89. The van der Waals surface area contributed by atoms with Crippen molar-refractivity contribution in [3.05, 3.63) is 53.6 Å². The van der Waals surface area contributed by atoms with Gasteiger partial charge in [-0.05, 0) is 24.1 Å². The fourth-order valence-electron chi connectivity index (χ4n) is 3.60. The van der Waals surface area contributed by atoms with Crippen LogP contribution in [0.25, 0.3) is 0 Å². The Morgan fingerprint density at radius 2 is 1.79 bits per heavy atom. The largest absolute Gasteiger partial charge is 0.482 e. The molecule has 148 valence electrons. The van der Waals surface area contributed by atoms with Gasteiger partial charge in [0.1, 0.15) is 5.75 Å². The molecule has 0 atom stereocenters. The van der Waals surface area contributed by atoms with E-state index in [2.05, 4.69) is 22.3 Å². The lowest BCUT2D eigenvalue weighted by Crippen LogP contribution is -2.48. The number of benzene rings is 2. The molecule has 0 radical (unpaired) electrons. The summed E-state index contributed by atoms with van der Waals surface area (Å²) in [4.78, 5) is 14.0. The fourth-order valence-corrected chi connectivity index (χ4v) is 5.25. The van der Waals surface area contributed by atoms with Crippen LogP contribution in [-0.4, -0.2) is 56.3 Å². The Labute approximate surface area is 165 Å². The molecular weight excluding hydrogens is 378 g/mol. The van der Waals surface area contributed by atoms with Gasteiger partial charge >= 0.3 is 0 Å². The van der Waals surface area contributed by atoms with E-state index in [1.165, 1.54) is 15.9 Å². The summed E-state index contributed by atoms with van der Waals surface area (Å²) < 4.78 is 33.3. The Kier molecular flexibility index (Phi) is 5.09. The van der Waals surface area contributed by atoms with Crippen molar-refractivity contribution in [1.29, 1.82) is 0 Å². The smallest absolute Gasteiger partial charge is 0.262 e. The van der Waals surface area contributed by atoms with E-state index in [-0.39, 0.29) is 17.4 Å². The molecule has 0 bridgehead atoms. The van der Waals surface area contributed by atoms with Crippen molar-refractivity contribution in [2.24, 2.45) is 0 Å². The quantitative estimate of drug-likeness (QED) is 0.846. The number of aryl methyl sites for hydroxylation is 1. The van der Waals surface area contributed by atoms with Gasteiger partial charge in [0, 0.05) is 38.8 Å². The van der Waals surface area contributed by atoms with Gasteiger partial charge in [-0.1, -0.05) is 30.3 Å². The van der Waals surface area contributed by atoms with E-state index >= 15 is 0 Å². The highest BCUT2D eigenvalue weighted by Crippen LogP contribution is 2.34. The molecule has 0 saturated carbocycles. The molecule has 2 aliphatic heterocycles. The summed E-state index contributed by atoms with van der Waals surface area (Å²) in [5.74, 6) is 0.156.